The smallest absolute Gasteiger partial charge is 0.231 e. The van der Waals surface area contributed by atoms with E-state index in [1.165, 1.54) is 0 Å². The minimum absolute atomic E-state index is 0.0671. The molecule has 2 aliphatic heterocycles. The number of rotatable bonds is 6. The monoisotopic (exact) mass is 356 g/mol. The van der Waals surface area contributed by atoms with Crippen molar-refractivity contribution in [2.24, 2.45) is 0 Å². The van der Waals surface area contributed by atoms with Crippen LogP contribution in [0.5, 0.6) is 23.0 Å². The van der Waals surface area contributed by atoms with E-state index < -0.39 is 0 Å². The number of benzene rings is 2. The third-order valence-corrected chi connectivity index (χ3v) is 4.12. The summed E-state index contributed by atoms with van der Waals surface area (Å²) < 4.78 is 22.1. The molecule has 1 amide bonds. The van der Waals surface area contributed by atoms with Crippen LogP contribution >= 0.6 is 0 Å². The van der Waals surface area contributed by atoms with Gasteiger partial charge in [-0.05, 0) is 24.3 Å². The predicted molar refractivity (Wildman–Crippen MR) is 95.0 cm³/mol. The van der Waals surface area contributed by atoms with Crippen LogP contribution in [0.25, 0.3) is 0 Å². The summed E-state index contributed by atoms with van der Waals surface area (Å²) in [6.07, 6.45) is 0.292. The molecule has 2 aliphatic rings. The number of fused-ring (bicyclic) bond motifs is 2. The Labute approximate surface area is 151 Å². The van der Waals surface area contributed by atoms with E-state index in [0.717, 1.165) is 11.5 Å². The molecular weight excluding hydrogens is 336 g/mol. The van der Waals surface area contributed by atoms with Crippen LogP contribution in [0, 0.1) is 0 Å². The van der Waals surface area contributed by atoms with Gasteiger partial charge in [0.25, 0.3) is 0 Å². The third kappa shape index (κ3) is 3.83. The van der Waals surface area contributed by atoms with Crippen molar-refractivity contribution in [3.05, 3.63) is 42.5 Å². The average molecular weight is 356 g/mol. The molecule has 2 N–H and O–H groups in total. The second-order valence-electron chi connectivity index (χ2n) is 6.07. The Kier molecular flexibility index (Phi) is 4.79. The standard InChI is InChI=1S/C19H20N2O5/c22-19(21-13-5-6-16-18(9-13)25-12-24-16)7-8-20-10-14-11-23-15-3-1-2-4-17(15)26-14/h1-6,9,14,20H,7-8,10-12H2,(H,21,22). The summed E-state index contributed by atoms with van der Waals surface area (Å²) in [6.45, 7) is 1.88. The largest absolute Gasteiger partial charge is 0.486 e. The second kappa shape index (κ2) is 7.53. The molecule has 136 valence electrons. The van der Waals surface area contributed by atoms with Crippen LogP contribution in [0.1, 0.15) is 6.42 Å². The zero-order valence-corrected chi connectivity index (χ0v) is 14.2. The molecule has 7 heteroatoms. The van der Waals surface area contributed by atoms with Gasteiger partial charge in [0.05, 0.1) is 0 Å². The maximum Gasteiger partial charge on any atom is 0.231 e. The van der Waals surface area contributed by atoms with Crippen molar-refractivity contribution in [3.8, 4) is 23.0 Å². The Morgan fingerprint density at radius 3 is 2.73 bits per heavy atom. The molecular formula is C19H20N2O5. The van der Waals surface area contributed by atoms with Crippen molar-refractivity contribution in [2.75, 3.05) is 31.8 Å². The van der Waals surface area contributed by atoms with Crippen LogP contribution in [0.4, 0.5) is 5.69 Å². The van der Waals surface area contributed by atoms with Crippen LogP contribution in [-0.2, 0) is 4.79 Å². The van der Waals surface area contributed by atoms with Gasteiger partial charge < -0.3 is 29.6 Å². The van der Waals surface area contributed by atoms with E-state index in [0.29, 0.717) is 43.3 Å². The lowest BCUT2D eigenvalue weighted by Crippen LogP contribution is -2.39. The topological polar surface area (TPSA) is 78.1 Å². The zero-order chi connectivity index (χ0) is 17.8. The van der Waals surface area contributed by atoms with Gasteiger partial charge in [0.15, 0.2) is 23.0 Å². The number of amides is 1. The van der Waals surface area contributed by atoms with Crippen LogP contribution in [0.15, 0.2) is 42.5 Å². The van der Waals surface area contributed by atoms with Crippen LogP contribution in [-0.4, -0.2) is 38.5 Å². The highest BCUT2D eigenvalue weighted by molar-refractivity contribution is 5.91. The highest BCUT2D eigenvalue weighted by atomic mass is 16.7. The number of anilines is 1. The van der Waals surface area contributed by atoms with Gasteiger partial charge in [-0.3, -0.25) is 4.79 Å². The first-order valence-corrected chi connectivity index (χ1v) is 8.56. The fourth-order valence-electron chi connectivity index (χ4n) is 2.83. The normalized spacial score (nSPS) is 17.0. The van der Waals surface area contributed by atoms with Crippen molar-refractivity contribution in [3.63, 3.8) is 0 Å². The van der Waals surface area contributed by atoms with Crippen molar-refractivity contribution in [1.82, 2.24) is 5.32 Å². The van der Waals surface area contributed by atoms with Crippen LogP contribution in [0.3, 0.4) is 0 Å². The molecule has 0 fully saturated rings. The number of para-hydroxylation sites is 2. The maximum atomic E-state index is 12.0. The predicted octanol–water partition coefficient (Wildman–Crippen LogP) is 2.17. The van der Waals surface area contributed by atoms with Crippen molar-refractivity contribution in [1.29, 1.82) is 0 Å². The highest BCUT2D eigenvalue weighted by Gasteiger charge is 2.20. The van der Waals surface area contributed by atoms with Crippen molar-refractivity contribution >= 4 is 11.6 Å². The average Bonchev–Trinajstić information content (AvgIpc) is 3.13. The summed E-state index contributed by atoms with van der Waals surface area (Å²) in [6, 6.07) is 13.0. The molecule has 1 atom stereocenters. The molecule has 2 heterocycles. The van der Waals surface area contributed by atoms with E-state index in [4.69, 9.17) is 18.9 Å². The lowest BCUT2D eigenvalue weighted by molar-refractivity contribution is -0.116. The molecule has 1 unspecified atom stereocenters. The lowest BCUT2D eigenvalue weighted by Gasteiger charge is -2.26. The van der Waals surface area contributed by atoms with Crippen LogP contribution in [0.2, 0.25) is 0 Å². The SMILES string of the molecule is O=C(CCNCC1COc2ccccc2O1)Nc1ccc2c(c1)OCO2. The van der Waals surface area contributed by atoms with E-state index >= 15 is 0 Å². The Bertz CT molecular complexity index is 795. The Balaban J connectivity index is 1.18. The third-order valence-electron chi connectivity index (χ3n) is 4.12. The molecule has 0 saturated carbocycles. The molecule has 0 radical (unpaired) electrons. The molecule has 7 nitrogen and oxygen atoms in total. The quantitative estimate of drug-likeness (QED) is 0.773. The molecule has 0 aromatic heterocycles. The number of carbonyl (C=O) groups is 1. The first-order chi connectivity index (χ1) is 12.8. The minimum Gasteiger partial charge on any atom is -0.486 e. The fraction of sp³-hybridized carbons (Fsp3) is 0.316. The first kappa shape index (κ1) is 16.5. The van der Waals surface area contributed by atoms with E-state index in [-0.39, 0.29) is 18.8 Å². The van der Waals surface area contributed by atoms with Gasteiger partial charge in [-0.1, -0.05) is 12.1 Å². The molecule has 4 rings (SSSR count). The zero-order valence-electron chi connectivity index (χ0n) is 14.2. The maximum absolute atomic E-state index is 12.0. The number of nitrogens with one attached hydrogen (secondary N) is 2. The summed E-state index contributed by atoms with van der Waals surface area (Å²) in [5.41, 5.74) is 0.694. The fourth-order valence-corrected chi connectivity index (χ4v) is 2.83. The first-order valence-electron chi connectivity index (χ1n) is 8.56. The molecule has 26 heavy (non-hydrogen) atoms. The molecule has 0 saturated heterocycles. The van der Waals surface area contributed by atoms with Crippen molar-refractivity contribution in [2.45, 2.75) is 12.5 Å². The highest BCUT2D eigenvalue weighted by Crippen LogP contribution is 2.34. The molecule has 0 spiro atoms. The summed E-state index contributed by atoms with van der Waals surface area (Å²) >= 11 is 0. The minimum atomic E-state index is -0.0678. The lowest BCUT2D eigenvalue weighted by atomic mass is 10.2. The van der Waals surface area contributed by atoms with Gasteiger partial charge in [0.2, 0.25) is 12.7 Å². The summed E-state index contributed by atoms with van der Waals surface area (Å²) in [5.74, 6) is 2.80. The number of carbonyl (C=O) groups excluding carboxylic acids is 1. The van der Waals surface area contributed by atoms with E-state index in [9.17, 15) is 4.79 Å². The Morgan fingerprint density at radius 1 is 1.00 bits per heavy atom. The number of hydrogen-bond donors (Lipinski definition) is 2. The number of hydrogen-bond acceptors (Lipinski definition) is 6. The van der Waals surface area contributed by atoms with Gasteiger partial charge >= 0.3 is 0 Å². The van der Waals surface area contributed by atoms with Gasteiger partial charge in [-0.2, -0.15) is 0 Å². The number of ether oxygens (including phenoxy) is 4. The summed E-state index contributed by atoms with van der Waals surface area (Å²) in [5, 5.41) is 6.09. The Morgan fingerprint density at radius 2 is 1.81 bits per heavy atom. The van der Waals surface area contributed by atoms with Gasteiger partial charge in [-0.25, -0.2) is 0 Å². The summed E-state index contributed by atoms with van der Waals surface area (Å²) in [4.78, 5) is 12.0. The molecule has 0 bridgehead atoms. The van der Waals surface area contributed by atoms with E-state index in [1.54, 1.807) is 18.2 Å². The molecule has 2 aromatic rings. The van der Waals surface area contributed by atoms with E-state index in [1.807, 2.05) is 24.3 Å². The van der Waals surface area contributed by atoms with Gasteiger partial charge in [0, 0.05) is 31.3 Å². The van der Waals surface area contributed by atoms with Gasteiger partial charge in [0.1, 0.15) is 12.7 Å². The van der Waals surface area contributed by atoms with E-state index in [2.05, 4.69) is 10.6 Å². The van der Waals surface area contributed by atoms with Gasteiger partial charge in [-0.15, -0.1) is 0 Å². The summed E-state index contributed by atoms with van der Waals surface area (Å²) in [7, 11) is 0. The van der Waals surface area contributed by atoms with Crippen molar-refractivity contribution < 1.29 is 23.7 Å². The molecule has 0 aliphatic carbocycles. The van der Waals surface area contributed by atoms with Crippen LogP contribution < -0.4 is 29.6 Å². The Hall–Kier alpha value is -2.93. The second-order valence-corrected chi connectivity index (χ2v) is 6.07. The molecule has 2 aromatic carbocycles.